The highest BCUT2D eigenvalue weighted by atomic mass is 16.4. The van der Waals surface area contributed by atoms with Gasteiger partial charge in [0.15, 0.2) is 0 Å². The molecule has 1 aromatic rings. The molecule has 1 aliphatic heterocycles. The Balaban J connectivity index is 1.47. The maximum Gasteiger partial charge on any atom is 0.310 e. The Morgan fingerprint density at radius 2 is 1.80 bits per heavy atom. The lowest BCUT2D eigenvalue weighted by atomic mass is 9.66. The van der Waals surface area contributed by atoms with Crippen molar-refractivity contribution in [1.29, 1.82) is 0 Å². The van der Waals surface area contributed by atoms with E-state index in [-0.39, 0.29) is 18.2 Å². The monoisotopic (exact) mass is 344 g/mol. The molecule has 2 aliphatic rings. The number of carbonyl (C=O) groups excluding carboxylic acids is 2. The standard InChI is InChI=1S/C19H24N2O4/c22-16(11-19(18(24)25)8-2-9-19)20-12-14-4-6-15(7-5-14)13-21-10-1-3-17(21)23/h4-7H,1-3,8-13H2,(H,20,22)(H,24,25). The van der Waals surface area contributed by atoms with Gasteiger partial charge in [-0.15, -0.1) is 0 Å². The van der Waals surface area contributed by atoms with E-state index in [4.69, 9.17) is 0 Å². The van der Waals surface area contributed by atoms with Gasteiger partial charge in [-0.1, -0.05) is 30.7 Å². The average molecular weight is 344 g/mol. The molecule has 6 heteroatoms. The minimum atomic E-state index is -0.866. The van der Waals surface area contributed by atoms with E-state index >= 15 is 0 Å². The summed E-state index contributed by atoms with van der Waals surface area (Å²) >= 11 is 0. The van der Waals surface area contributed by atoms with Crippen LogP contribution in [0, 0.1) is 5.41 Å². The number of likely N-dealkylation sites (tertiary alicyclic amines) is 1. The molecule has 0 spiro atoms. The van der Waals surface area contributed by atoms with Crippen molar-refractivity contribution in [3.05, 3.63) is 35.4 Å². The minimum Gasteiger partial charge on any atom is -0.481 e. The fourth-order valence-corrected chi connectivity index (χ4v) is 3.49. The van der Waals surface area contributed by atoms with E-state index in [9.17, 15) is 19.5 Å². The van der Waals surface area contributed by atoms with E-state index in [0.29, 0.717) is 32.4 Å². The summed E-state index contributed by atoms with van der Waals surface area (Å²) in [4.78, 5) is 36.9. The molecule has 1 heterocycles. The molecule has 2 N–H and O–H groups in total. The van der Waals surface area contributed by atoms with Crippen molar-refractivity contribution in [1.82, 2.24) is 10.2 Å². The second kappa shape index (κ2) is 7.25. The van der Waals surface area contributed by atoms with Gasteiger partial charge < -0.3 is 15.3 Å². The third-order valence-corrected chi connectivity index (χ3v) is 5.32. The largest absolute Gasteiger partial charge is 0.481 e. The molecule has 0 atom stereocenters. The van der Waals surface area contributed by atoms with E-state index < -0.39 is 11.4 Å². The summed E-state index contributed by atoms with van der Waals surface area (Å²) in [6, 6.07) is 7.81. The fourth-order valence-electron chi connectivity index (χ4n) is 3.49. The van der Waals surface area contributed by atoms with Crippen LogP contribution in [0.1, 0.15) is 49.7 Å². The van der Waals surface area contributed by atoms with Crippen LogP contribution in [0.2, 0.25) is 0 Å². The quantitative estimate of drug-likeness (QED) is 0.793. The molecule has 134 valence electrons. The number of amides is 2. The number of carbonyl (C=O) groups is 3. The number of benzene rings is 1. The molecule has 0 radical (unpaired) electrons. The number of carboxylic acids is 1. The Labute approximate surface area is 147 Å². The molecular formula is C19H24N2O4. The van der Waals surface area contributed by atoms with Crippen molar-refractivity contribution in [2.45, 2.75) is 51.6 Å². The average Bonchev–Trinajstić information content (AvgIpc) is 2.95. The zero-order valence-corrected chi connectivity index (χ0v) is 14.3. The first-order valence-corrected chi connectivity index (χ1v) is 8.84. The molecular weight excluding hydrogens is 320 g/mol. The van der Waals surface area contributed by atoms with Crippen molar-refractivity contribution in [2.75, 3.05) is 6.54 Å². The molecule has 1 aromatic carbocycles. The highest BCUT2D eigenvalue weighted by molar-refractivity contribution is 5.85. The van der Waals surface area contributed by atoms with E-state index in [2.05, 4.69) is 5.32 Å². The Morgan fingerprint density at radius 3 is 2.32 bits per heavy atom. The number of hydrogen-bond acceptors (Lipinski definition) is 3. The fraction of sp³-hybridized carbons (Fsp3) is 0.526. The third-order valence-electron chi connectivity index (χ3n) is 5.32. The lowest BCUT2D eigenvalue weighted by Crippen LogP contribution is -2.42. The van der Waals surface area contributed by atoms with Crippen molar-refractivity contribution >= 4 is 17.8 Å². The molecule has 2 amide bonds. The molecule has 1 saturated heterocycles. The number of aliphatic carboxylic acids is 1. The topological polar surface area (TPSA) is 86.7 Å². The summed E-state index contributed by atoms with van der Waals surface area (Å²) in [5, 5.41) is 12.1. The van der Waals surface area contributed by atoms with Crippen LogP contribution >= 0.6 is 0 Å². The Hall–Kier alpha value is -2.37. The number of carboxylic acid groups (broad SMARTS) is 1. The first-order chi connectivity index (χ1) is 12.0. The van der Waals surface area contributed by atoms with Gasteiger partial charge in [0, 0.05) is 32.5 Å². The van der Waals surface area contributed by atoms with Crippen LogP contribution in [0.5, 0.6) is 0 Å². The van der Waals surface area contributed by atoms with Crippen LogP contribution in [-0.2, 0) is 27.5 Å². The first kappa shape index (κ1) is 17.5. The van der Waals surface area contributed by atoms with Gasteiger partial charge in [0.25, 0.3) is 0 Å². The third kappa shape index (κ3) is 4.00. The van der Waals surface area contributed by atoms with Crippen molar-refractivity contribution < 1.29 is 19.5 Å². The SMILES string of the molecule is O=C(CC1(C(=O)O)CCC1)NCc1ccc(CN2CCCC2=O)cc1. The van der Waals surface area contributed by atoms with Crippen LogP contribution < -0.4 is 5.32 Å². The molecule has 2 fully saturated rings. The Morgan fingerprint density at radius 1 is 1.12 bits per heavy atom. The summed E-state index contributed by atoms with van der Waals surface area (Å²) in [5.41, 5.74) is 1.18. The van der Waals surface area contributed by atoms with Crippen molar-refractivity contribution in [3.63, 3.8) is 0 Å². The number of rotatable bonds is 7. The van der Waals surface area contributed by atoms with Crippen molar-refractivity contribution in [2.24, 2.45) is 5.41 Å². The number of nitrogens with zero attached hydrogens (tertiary/aromatic N) is 1. The zero-order chi connectivity index (χ0) is 17.9. The summed E-state index contributed by atoms with van der Waals surface area (Å²) in [7, 11) is 0. The minimum absolute atomic E-state index is 0.0531. The highest BCUT2D eigenvalue weighted by Gasteiger charge is 2.45. The van der Waals surface area contributed by atoms with Crippen LogP contribution in [-0.4, -0.2) is 34.3 Å². The van der Waals surface area contributed by atoms with Crippen molar-refractivity contribution in [3.8, 4) is 0 Å². The summed E-state index contributed by atoms with van der Waals surface area (Å²) in [5.74, 6) is -0.872. The molecule has 1 saturated carbocycles. The van der Waals surface area contributed by atoms with Gasteiger partial charge in [-0.2, -0.15) is 0 Å². The number of hydrogen-bond donors (Lipinski definition) is 2. The molecule has 0 bridgehead atoms. The number of nitrogens with one attached hydrogen (secondary N) is 1. The molecule has 1 aliphatic carbocycles. The smallest absolute Gasteiger partial charge is 0.310 e. The second-order valence-electron chi connectivity index (χ2n) is 7.13. The van der Waals surface area contributed by atoms with Crippen LogP contribution in [0.3, 0.4) is 0 Å². The second-order valence-corrected chi connectivity index (χ2v) is 7.13. The van der Waals surface area contributed by atoms with Gasteiger partial charge in [0.2, 0.25) is 11.8 Å². The van der Waals surface area contributed by atoms with Gasteiger partial charge in [-0.3, -0.25) is 14.4 Å². The van der Waals surface area contributed by atoms with Gasteiger partial charge in [0.05, 0.1) is 5.41 Å². The Bertz CT molecular complexity index is 665. The summed E-state index contributed by atoms with van der Waals surface area (Å²) in [6.45, 7) is 1.84. The van der Waals surface area contributed by atoms with Crippen LogP contribution in [0.4, 0.5) is 0 Å². The molecule has 3 rings (SSSR count). The Kier molecular flexibility index (Phi) is 5.06. The van der Waals surface area contributed by atoms with Gasteiger partial charge >= 0.3 is 5.97 Å². The van der Waals surface area contributed by atoms with E-state index in [1.54, 1.807) is 0 Å². The first-order valence-electron chi connectivity index (χ1n) is 8.84. The van der Waals surface area contributed by atoms with E-state index in [1.807, 2.05) is 29.2 Å². The maximum atomic E-state index is 12.0. The van der Waals surface area contributed by atoms with Gasteiger partial charge in [0.1, 0.15) is 0 Å². The molecule has 25 heavy (non-hydrogen) atoms. The zero-order valence-electron chi connectivity index (χ0n) is 14.3. The van der Waals surface area contributed by atoms with E-state index in [0.717, 1.165) is 30.5 Å². The molecule has 0 aromatic heterocycles. The maximum absolute atomic E-state index is 12.0. The van der Waals surface area contributed by atoms with Crippen LogP contribution in [0.15, 0.2) is 24.3 Å². The van der Waals surface area contributed by atoms with E-state index in [1.165, 1.54) is 0 Å². The van der Waals surface area contributed by atoms with Gasteiger partial charge in [-0.25, -0.2) is 0 Å². The molecule has 0 unspecified atom stereocenters. The van der Waals surface area contributed by atoms with Crippen LogP contribution in [0.25, 0.3) is 0 Å². The lowest BCUT2D eigenvalue weighted by Gasteiger charge is -2.36. The predicted molar refractivity (Wildman–Crippen MR) is 91.5 cm³/mol. The lowest BCUT2D eigenvalue weighted by molar-refractivity contribution is -0.157. The highest BCUT2D eigenvalue weighted by Crippen LogP contribution is 2.44. The predicted octanol–water partition coefficient (Wildman–Crippen LogP) is 2.07. The summed E-state index contributed by atoms with van der Waals surface area (Å²) in [6.07, 6.45) is 3.67. The molecule has 6 nitrogen and oxygen atoms in total. The van der Waals surface area contributed by atoms with Gasteiger partial charge in [-0.05, 0) is 30.4 Å². The normalized spacial score (nSPS) is 18.7. The summed E-state index contributed by atoms with van der Waals surface area (Å²) < 4.78 is 0.